The van der Waals surface area contributed by atoms with Crippen LogP contribution in [0.25, 0.3) is 0 Å². The van der Waals surface area contributed by atoms with E-state index in [4.69, 9.17) is 4.74 Å². The zero-order chi connectivity index (χ0) is 16.7. The molecule has 4 aliphatic rings. The number of hydrogen-bond donors (Lipinski definition) is 1. The van der Waals surface area contributed by atoms with Crippen molar-refractivity contribution in [1.82, 2.24) is 0 Å². The van der Waals surface area contributed by atoms with Crippen molar-refractivity contribution in [3.8, 4) is 0 Å². The Bertz CT molecular complexity index is 641. The van der Waals surface area contributed by atoms with Crippen LogP contribution in [-0.4, -0.2) is 28.7 Å². The summed E-state index contributed by atoms with van der Waals surface area (Å²) in [5, 5.41) is 10.6. The summed E-state index contributed by atoms with van der Waals surface area (Å²) in [5.41, 5.74) is 2.66. The Kier molecular flexibility index (Phi) is 3.10. The lowest BCUT2D eigenvalue weighted by molar-refractivity contribution is -0.112. The smallest absolute Gasteiger partial charge is 0.184 e. The number of ether oxygens (including phenoxy) is 1. The molecule has 1 saturated heterocycles. The number of carbonyl (C=O) groups excluding carboxylic acids is 1. The molecule has 6 atom stereocenters. The van der Waals surface area contributed by atoms with E-state index in [0.717, 1.165) is 29.6 Å². The van der Waals surface area contributed by atoms with Crippen LogP contribution in [0.15, 0.2) is 22.8 Å². The number of rotatable bonds is 0. The van der Waals surface area contributed by atoms with Crippen LogP contribution in [-0.2, 0) is 9.53 Å². The molecule has 0 aromatic carbocycles. The zero-order valence-electron chi connectivity index (χ0n) is 14.8. The van der Waals surface area contributed by atoms with Gasteiger partial charge in [0.05, 0.1) is 11.7 Å². The first-order valence-electron chi connectivity index (χ1n) is 8.99. The van der Waals surface area contributed by atoms with Crippen LogP contribution < -0.4 is 0 Å². The summed E-state index contributed by atoms with van der Waals surface area (Å²) in [5.74, 6) is 1.38. The van der Waals surface area contributed by atoms with E-state index in [0.29, 0.717) is 23.7 Å². The van der Waals surface area contributed by atoms with Crippen molar-refractivity contribution in [2.24, 2.45) is 23.2 Å². The van der Waals surface area contributed by atoms with Gasteiger partial charge in [-0.25, -0.2) is 0 Å². The molecule has 0 radical (unpaired) electrons. The molecule has 2 fully saturated rings. The van der Waals surface area contributed by atoms with Crippen LogP contribution in [0.5, 0.6) is 0 Å². The van der Waals surface area contributed by atoms with Gasteiger partial charge in [0.15, 0.2) is 5.78 Å². The second-order valence-electron chi connectivity index (χ2n) is 9.04. The van der Waals surface area contributed by atoms with Gasteiger partial charge in [0.25, 0.3) is 0 Å². The fourth-order valence-electron chi connectivity index (χ4n) is 5.09. The molecule has 0 amide bonds. The third kappa shape index (κ3) is 2.12. The van der Waals surface area contributed by atoms with Crippen LogP contribution >= 0.6 is 0 Å². The van der Waals surface area contributed by atoms with E-state index in [1.807, 2.05) is 13.8 Å². The topological polar surface area (TPSA) is 49.8 Å². The molecule has 3 nitrogen and oxygen atoms in total. The van der Waals surface area contributed by atoms with Gasteiger partial charge in [-0.15, -0.1) is 0 Å². The van der Waals surface area contributed by atoms with Crippen LogP contribution in [0.4, 0.5) is 0 Å². The van der Waals surface area contributed by atoms with Gasteiger partial charge < -0.3 is 9.84 Å². The van der Waals surface area contributed by atoms with Gasteiger partial charge in [-0.2, -0.15) is 0 Å². The van der Waals surface area contributed by atoms with Gasteiger partial charge in [0.1, 0.15) is 6.10 Å². The fraction of sp³-hybridized carbons (Fsp3) is 0.750. The maximum Gasteiger partial charge on any atom is 0.184 e. The first-order chi connectivity index (χ1) is 10.7. The van der Waals surface area contributed by atoms with Gasteiger partial charge in [-0.1, -0.05) is 26.8 Å². The van der Waals surface area contributed by atoms with Gasteiger partial charge in [-0.05, 0) is 67.4 Å². The molecule has 1 N–H and O–H groups in total. The Labute approximate surface area is 138 Å². The lowest BCUT2D eigenvalue weighted by Crippen LogP contribution is -2.22. The van der Waals surface area contributed by atoms with Crippen molar-refractivity contribution in [3.05, 3.63) is 22.8 Å². The summed E-state index contributed by atoms with van der Waals surface area (Å²) in [6.45, 7) is 10.7. The van der Waals surface area contributed by atoms with Gasteiger partial charge >= 0.3 is 0 Å². The molecule has 4 rings (SSSR count). The predicted molar refractivity (Wildman–Crippen MR) is 88.9 cm³/mol. The van der Waals surface area contributed by atoms with Crippen LogP contribution in [0.3, 0.4) is 0 Å². The van der Waals surface area contributed by atoms with Crippen molar-refractivity contribution in [2.75, 3.05) is 0 Å². The molecule has 3 heteroatoms. The molecule has 0 aromatic rings. The minimum atomic E-state index is -0.527. The minimum absolute atomic E-state index is 0.0624. The third-order valence-electron chi connectivity index (χ3n) is 7.05. The summed E-state index contributed by atoms with van der Waals surface area (Å²) in [6.07, 6.45) is 4.44. The van der Waals surface area contributed by atoms with E-state index in [-0.39, 0.29) is 23.4 Å². The monoisotopic (exact) mass is 316 g/mol. The SMILES string of the molecule is CC1=CC2C(CCC3(C)OC3C3=C(CC(C)C3O)C1=O)C2(C)C. The van der Waals surface area contributed by atoms with E-state index in [9.17, 15) is 9.90 Å². The van der Waals surface area contributed by atoms with Gasteiger partial charge in [-0.3, -0.25) is 4.79 Å². The second kappa shape index (κ2) is 4.58. The highest BCUT2D eigenvalue weighted by atomic mass is 16.6. The second-order valence-corrected chi connectivity index (χ2v) is 9.04. The highest BCUT2D eigenvalue weighted by Crippen LogP contribution is 2.63. The molecular weight excluding hydrogens is 288 g/mol. The molecule has 1 heterocycles. The average Bonchev–Trinajstić information content (AvgIpc) is 3.23. The summed E-state index contributed by atoms with van der Waals surface area (Å²) < 4.78 is 6.04. The molecule has 0 aromatic heterocycles. The van der Waals surface area contributed by atoms with Crippen molar-refractivity contribution >= 4 is 5.78 Å². The molecule has 6 unspecified atom stereocenters. The largest absolute Gasteiger partial charge is 0.388 e. The van der Waals surface area contributed by atoms with E-state index in [1.165, 1.54) is 0 Å². The van der Waals surface area contributed by atoms with Crippen LogP contribution in [0.2, 0.25) is 0 Å². The van der Waals surface area contributed by atoms with E-state index in [1.54, 1.807) is 0 Å². The Morgan fingerprint density at radius 2 is 2.00 bits per heavy atom. The molecule has 0 spiro atoms. The average molecular weight is 316 g/mol. The van der Waals surface area contributed by atoms with E-state index in [2.05, 4.69) is 26.8 Å². The van der Waals surface area contributed by atoms with Crippen molar-refractivity contribution in [3.63, 3.8) is 0 Å². The maximum absolute atomic E-state index is 13.0. The molecule has 1 aliphatic heterocycles. The normalized spacial score (nSPS) is 48.0. The van der Waals surface area contributed by atoms with Crippen molar-refractivity contribution in [2.45, 2.75) is 71.7 Å². The Hall–Kier alpha value is -0.930. The standard InChI is InChI=1S/C20H28O3/c1-10-8-12-15(17(10)22)18-20(5,23-18)7-6-13-14(19(13,3)4)9-11(2)16(12)21/h9-10,13-14,17-18,22H,6-8H2,1-5H3. The number of carbonyl (C=O) groups is 1. The Balaban J connectivity index is 1.77. The minimum Gasteiger partial charge on any atom is -0.388 e. The van der Waals surface area contributed by atoms with E-state index < -0.39 is 6.10 Å². The highest BCUT2D eigenvalue weighted by molar-refractivity contribution is 6.09. The number of Topliss-reactive ketones (excluding diaryl/α,β-unsaturated/α-hetero) is 1. The predicted octanol–water partition coefficient (Wildman–Crippen LogP) is 3.42. The number of fused-ring (bicyclic) bond motifs is 3. The summed E-state index contributed by atoms with van der Waals surface area (Å²) in [6, 6.07) is 0. The number of aliphatic hydroxyl groups excluding tert-OH is 1. The lowest BCUT2D eigenvalue weighted by Gasteiger charge is -2.14. The molecule has 0 bridgehead atoms. The lowest BCUT2D eigenvalue weighted by atomic mass is 9.90. The number of allylic oxidation sites excluding steroid dienone is 3. The van der Waals surface area contributed by atoms with Crippen molar-refractivity contribution < 1.29 is 14.6 Å². The quantitative estimate of drug-likeness (QED) is 0.697. The Morgan fingerprint density at radius 3 is 2.70 bits per heavy atom. The van der Waals surface area contributed by atoms with Crippen molar-refractivity contribution in [1.29, 1.82) is 0 Å². The first kappa shape index (κ1) is 15.6. The first-order valence-corrected chi connectivity index (χ1v) is 8.99. The number of epoxide rings is 1. The molecule has 3 aliphatic carbocycles. The van der Waals surface area contributed by atoms with E-state index >= 15 is 0 Å². The Morgan fingerprint density at radius 1 is 1.30 bits per heavy atom. The summed E-state index contributed by atoms with van der Waals surface area (Å²) in [7, 11) is 0. The molecular formula is C20H28O3. The third-order valence-corrected chi connectivity index (χ3v) is 7.05. The van der Waals surface area contributed by atoms with Gasteiger partial charge in [0, 0.05) is 5.57 Å². The molecule has 126 valence electrons. The summed E-state index contributed by atoms with van der Waals surface area (Å²) in [4.78, 5) is 13.0. The van der Waals surface area contributed by atoms with Crippen LogP contribution in [0.1, 0.15) is 53.9 Å². The van der Waals surface area contributed by atoms with Gasteiger partial charge in [0.2, 0.25) is 0 Å². The van der Waals surface area contributed by atoms with Crippen LogP contribution in [0, 0.1) is 23.2 Å². The highest BCUT2D eigenvalue weighted by Gasteiger charge is 2.61. The molecule has 1 saturated carbocycles. The number of ketones is 1. The maximum atomic E-state index is 13.0. The molecule has 23 heavy (non-hydrogen) atoms. The number of hydrogen-bond acceptors (Lipinski definition) is 3. The summed E-state index contributed by atoms with van der Waals surface area (Å²) >= 11 is 0. The fourth-order valence-corrected chi connectivity index (χ4v) is 5.09. The zero-order valence-corrected chi connectivity index (χ0v) is 14.8. The number of aliphatic hydroxyl groups is 1.